The molecule has 0 spiro atoms. The number of anilines is 2. The van der Waals surface area contributed by atoms with Crippen molar-refractivity contribution < 1.29 is 28.7 Å². The number of amides is 4. The molecule has 2 aromatic rings. The standard InChI is InChI=1S/C29H36N4O6/c34-26(32-24-12-3-1-10-22(24)28(36)30-18-20-8-6-16-38-20)14-5-15-27(35)33-25-13-4-2-11-23(25)29(37)31-19-21-9-7-17-39-21/h1-4,10-13,20-21H,5-9,14-19H2,(H,30,36)(H,31,37)(H,32,34)(H,33,35). The molecule has 0 radical (unpaired) electrons. The summed E-state index contributed by atoms with van der Waals surface area (Å²) in [6.45, 7) is 2.28. The van der Waals surface area contributed by atoms with Crippen LogP contribution in [0.2, 0.25) is 0 Å². The summed E-state index contributed by atoms with van der Waals surface area (Å²) >= 11 is 0. The van der Waals surface area contributed by atoms with Crippen molar-refractivity contribution in [2.45, 2.75) is 57.2 Å². The molecule has 2 fully saturated rings. The van der Waals surface area contributed by atoms with Crippen molar-refractivity contribution in [3.63, 3.8) is 0 Å². The number of benzene rings is 2. The van der Waals surface area contributed by atoms with Crippen LogP contribution in [0.5, 0.6) is 0 Å². The van der Waals surface area contributed by atoms with Crippen molar-refractivity contribution in [1.82, 2.24) is 10.6 Å². The largest absolute Gasteiger partial charge is 0.376 e. The zero-order chi connectivity index (χ0) is 27.5. The zero-order valence-electron chi connectivity index (χ0n) is 22.0. The molecular formula is C29H36N4O6. The average molecular weight is 537 g/mol. The van der Waals surface area contributed by atoms with Gasteiger partial charge in [-0.1, -0.05) is 24.3 Å². The Kier molecular flexibility index (Phi) is 10.4. The number of carbonyl (C=O) groups excluding carboxylic acids is 4. The van der Waals surface area contributed by atoms with E-state index < -0.39 is 0 Å². The minimum atomic E-state index is -0.295. The minimum Gasteiger partial charge on any atom is -0.376 e. The summed E-state index contributed by atoms with van der Waals surface area (Å²) in [5.41, 5.74) is 1.58. The molecule has 10 nitrogen and oxygen atoms in total. The van der Waals surface area contributed by atoms with Crippen molar-refractivity contribution in [2.24, 2.45) is 0 Å². The Hall–Kier alpha value is -3.76. The molecular weight excluding hydrogens is 500 g/mol. The highest BCUT2D eigenvalue weighted by Crippen LogP contribution is 2.19. The van der Waals surface area contributed by atoms with Gasteiger partial charge in [-0.05, 0) is 56.4 Å². The summed E-state index contributed by atoms with van der Waals surface area (Å²) in [6, 6.07) is 13.6. The van der Waals surface area contributed by atoms with E-state index in [2.05, 4.69) is 21.3 Å². The van der Waals surface area contributed by atoms with Crippen LogP contribution < -0.4 is 21.3 Å². The molecule has 2 saturated heterocycles. The van der Waals surface area contributed by atoms with Gasteiger partial charge in [0, 0.05) is 39.1 Å². The molecule has 0 aromatic heterocycles. The maximum absolute atomic E-state index is 12.7. The van der Waals surface area contributed by atoms with Gasteiger partial charge >= 0.3 is 0 Å². The first-order chi connectivity index (χ1) is 19.0. The number of carbonyl (C=O) groups is 4. The lowest BCUT2D eigenvalue weighted by molar-refractivity contribution is -0.117. The van der Waals surface area contributed by atoms with Gasteiger partial charge in [0.1, 0.15) is 0 Å². The Morgan fingerprint density at radius 3 is 1.51 bits per heavy atom. The molecule has 4 N–H and O–H groups in total. The first kappa shape index (κ1) is 28.3. The second kappa shape index (κ2) is 14.4. The second-order valence-electron chi connectivity index (χ2n) is 9.73. The molecule has 39 heavy (non-hydrogen) atoms. The first-order valence-electron chi connectivity index (χ1n) is 13.6. The molecule has 0 aliphatic carbocycles. The summed E-state index contributed by atoms with van der Waals surface area (Å²) < 4.78 is 11.1. The molecule has 208 valence electrons. The smallest absolute Gasteiger partial charge is 0.253 e. The van der Waals surface area contributed by atoms with Gasteiger partial charge in [-0.2, -0.15) is 0 Å². The molecule has 2 unspecified atom stereocenters. The van der Waals surface area contributed by atoms with Gasteiger partial charge in [0.2, 0.25) is 11.8 Å². The van der Waals surface area contributed by atoms with Crippen LogP contribution in [0.25, 0.3) is 0 Å². The van der Waals surface area contributed by atoms with Crippen molar-refractivity contribution in [1.29, 1.82) is 0 Å². The SMILES string of the molecule is O=C(CCCC(=O)Nc1ccccc1C(=O)NCC1CCCO1)Nc1ccccc1C(=O)NCC1CCCO1. The lowest BCUT2D eigenvalue weighted by Crippen LogP contribution is -2.32. The fourth-order valence-corrected chi connectivity index (χ4v) is 4.63. The molecule has 0 bridgehead atoms. The fraction of sp³-hybridized carbons (Fsp3) is 0.448. The molecule has 2 aliphatic rings. The first-order valence-corrected chi connectivity index (χ1v) is 13.6. The third-order valence-corrected chi connectivity index (χ3v) is 6.73. The van der Waals surface area contributed by atoms with E-state index in [1.165, 1.54) is 0 Å². The van der Waals surface area contributed by atoms with Gasteiger partial charge in [0.05, 0.1) is 34.7 Å². The molecule has 0 saturated carbocycles. The van der Waals surface area contributed by atoms with Gasteiger partial charge in [-0.25, -0.2) is 0 Å². The van der Waals surface area contributed by atoms with Crippen LogP contribution in [0, 0.1) is 0 Å². The van der Waals surface area contributed by atoms with Gasteiger partial charge in [0.25, 0.3) is 11.8 Å². The molecule has 2 aromatic carbocycles. The van der Waals surface area contributed by atoms with E-state index >= 15 is 0 Å². The Bertz CT molecular complexity index is 1070. The maximum Gasteiger partial charge on any atom is 0.253 e. The van der Waals surface area contributed by atoms with Crippen LogP contribution in [-0.4, -0.2) is 62.1 Å². The number of nitrogens with one attached hydrogen (secondary N) is 4. The normalized spacial score (nSPS) is 18.4. The summed E-state index contributed by atoms with van der Waals surface area (Å²) in [5.74, 6) is -1.15. The summed E-state index contributed by atoms with van der Waals surface area (Å²) in [4.78, 5) is 50.4. The van der Waals surface area contributed by atoms with E-state index in [1.54, 1.807) is 48.5 Å². The number of hydrogen-bond donors (Lipinski definition) is 4. The van der Waals surface area contributed by atoms with E-state index in [0.29, 0.717) is 55.2 Å². The van der Waals surface area contributed by atoms with Crippen molar-refractivity contribution in [3.05, 3.63) is 59.7 Å². The highest BCUT2D eigenvalue weighted by molar-refractivity contribution is 6.05. The van der Waals surface area contributed by atoms with Crippen molar-refractivity contribution >= 4 is 35.0 Å². The molecule has 4 rings (SSSR count). The molecule has 4 amide bonds. The lowest BCUT2D eigenvalue weighted by Gasteiger charge is -2.14. The van der Waals surface area contributed by atoms with Crippen LogP contribution in [0.4, 0.5) is 11.4 Å². The van der Waals surface area contributed by atoms with Crippen LogP contribution >= 0.6 is 0 Å². The Morgan fingerprint density at radius 1 is 0.667 bits per heavy atom. The second-order valence-corrected chi connectivity index (χ2v) is 9.73. The minimum absolute atomic E-state index is 0.0229. The van der Waals surface area contributed by atoms with E-state index in [1.807, 2.05) is 0 Å². The van der Waals surface area contributed by atoms with Crippen molar-refractivity contribution in [2.75, 3.05) is 36.9 Å². The van der Waals surface area contributed by atoms with Gasteiger partial charge in [-0.3, -0.25) is 19.2 Å². The summed E-state index contributed by atoms with van der Waals surface area (Å²) in [5, 5.41) is 11.3. The topological polar surface area (TPSA) is 135 Å². The Labute approximate surface area is 228 Å². The van der Waals surface area contributed by atoms with E-state index in [4.69, 9.17) is 9.47 Å². The highest BCUT2D eigenvalue weighted by atomic mass is 16.5. The van der Waals surface area contributed by atoms with Crippen molar-refractivity contribution in [3.8, 4) is 0 Å². The number of rotatable bonds is 12. The number of ether oxygens (including phenoxy) is 2. The summed E-state index contributed by atoms with van der Waals surface area (Å²) in [6.07, 6.45) is 4.36. The molecule has 2 atom stereocenters. The van der Waals surface area contributed by atoms with E-state index in [0.717, 1.165) is 25.7 Å². The average Bonchev–Trinajstić information content (AvgIpc) is 3.66. The van der Waals surface area contributed by atoms with E-state index in [9.17, 15) is 19.2 Å². The van der Waals surface area contributed by atoms with Crippen LogP contribution in [0.3, 0.4) is 0 Å². The number of hydrogen-bond acceptors (Lipinski definition) is 6. The van der Waals surface area contributed by atoms with Gasteiger partial charge in [0.15, 0.2) is 0 Å². The van der Waals surface area contributed by atoms with E-state index in [-0.39, 0.29) is 48.7 Å². The highest BCUT2D eigenvalue weighted by Gasteiger charge is 2.20. The predicted molar refractivity (Wildman–Crippen MR) is 147 cm³/mol. The van der Waals surface area contributed by atoms with Crippen LogP contribution in [0.1, 0.15) is 65.7 Å². The van der Waals surface area contributed by atoms with Gasteiger partial charge < -0.3 is 30.7 Å². The number of para-hydroxylation sites is 2. The third kappa shape index (κ3) is 8.62. The van der Waals surface area contributed by atoms with Gasteiger partial charge in [-0.15, -0.1) is 0 Å². The lowest BCUT2D eigenvalue weighted by atomic mass is 10.1. The maximum atomic E-state index is 12.7. The molecule has 2 heterocycles. The summed E-state index contributed by atoms with van der Waals surface area (Å²) in [7, 11) is 0. The Balaban J connectivity index is 1.22. The Morgan fingerprint density at radius 2 is 1.10 bits per heavy atom. The quantitative estimate of drug-likeness (QED) is 0.329. The fourth-order valence-electron chi connectivity index (χ4n) is 4.63. The zero-order valence-corrected chi connectivity index (χ0v) is 22.0. The monoisotopic (exact) mass is 536 g/mol. The predicted octanol–water partition coefficient (Wildman–Crippen LogP) is 3.25. The third-order valence-electron chi connectivity index (χ3n) is 6.73. The van der Waals surface area contributed by atoms with Crippen LogP contribution in [-0.2, 0) is 19.1 Å². The van der Waals surface area contributed by atoms with Crippen LogP contribution in [0.15, 0.2) is 48.5 Å². The molecule has 2 aliphatic heterocycles. The molecule has 10 heteroatoms.